The molecule has 4 heteroatoms. The third kappa shape index (κ3) is 1.98. The fraction of sp³-hybridized carbons (Fsp3) is 0.538. The van der Waals surface area contributed by atoms with Crippen LogP contribution in [-0.2, 0) is 12.8 Å². The van der Waals surface area contributed by atoms with E-state index in [1.807, 2.05) is 6.07 Å². The van der Waals surface area contributed by atoms with Crippen molar-refractivity contribution in [1.82, 2.24) is 10.3 Å². The van der Waals surface area contributed by atoms with Crippen LogP contribution in [0.3, 0.4) is 0 Å². The highest BCUT2D eigenvalue weighted by molar-refractivity contribution is 5.55. The third-order valence-corrected chi connectivity index (χ3v) is 3.57. The van der Waals surface area contributed by atoms with Crippen molar-refractivity contribution >= 4 is 5.82 Å². The highest BCUT2D eigenvalue weighted by atomic mass is 15.1. The number of hydrogen-bond acceptors (Lipinski definition) is 4. The number of aromatic nitrogens is 1. The molecule has 1 unspecified atom stereocenters. The second-order valence-corrected chi connectivity index (χ2v) is 4.79. The SMILES string of the molecule is N#Cc1cc2c(nc1NC1CCNC1)CCC2. The molecule has 2 aliphatic rings. The van der Waals surface area contributed by atoms with E-state index in [0.29, 0.717) is 11.6 Å². The van der Waals surface area contributed by atoms with E-state index in [0.717, 1.165) is 38.2 Å². The van der Waals surface area contributed by atoms with Gasteiger partial charge in [0.15, 0.2) is 0 Å². The summed E-state index contributed by atoms with van der Waals surface area (Å²) in [6, 6.07) is 4.68. The molecular formula is C13H16N4. The predicted molar refractivity (Wildman–Crippen MR) is 65.9 cm³/mol. The lowest BCUT2D eigenvalue weighted by atomic mass is 10.1. The van der Waals surface area contributed by atoms with Crippen LogP contribution in [0.25, 0.3) is 0 Å². The maximum Gasteiger partial charge on any atom is 0.144 e. The molecule has 1 atom stereocenters. The summed E-state index contributed by atoms with van der Waals surface area (Å²) in [7, 11) is 0. The Balaban J connectivity index is 1.89. The Kier molecular flexibility index (Phi) is 2.69. The van der Waals surface area contributed by atoms with Crippen LogP contribution in [0.5, 0.6) is 0 Å². The lowest BCUT2D eigenvalue weighted by Gasteiger charge is -2.14. The molecule has 3 rings (SSSR count). The van der Waals surface area contributed by atoms with Gasteiger partial charge in [0.05, 0.1) is 5.56 Å². The van der Waals surface area contributed by atoms with Gasteiger partial charge in [0.2, 0.25) is 0 Å². The fourth-order valence-corrected chi connectivity index (χ4v) is 2.64. The van der Waals surface area contributed by atoms with Crippen molar-refractivity contribution in [2.75, 3.05) is 18.4 Å². The normalized spacial score (nSPS) is 22.2. The van der Waals surface area contributed by atoms with E-state index in [-0.39, 0.29) is 0 Å². The first kappa shape index (κ1) is 10.5. The minimum Gasteiger partial charge on any atom is -0.365 e. The third-order valence-electron chi connectivity index (χ3n) is 3.57. The zero-order valence-corrected chi connectivity index (χ0v) is 9.79. The number of pyridine rings is 1. The van der Waals surface area contributed by atoms with E-state index in [2.05, 4.69) is 21.7 Å². The molecule has 0 radical (unpaired) electrons. The second kappa shape index (κ2) is 4.34. The number of aryl methyl sites for hydroxylation is 2. The molecule has 1 aromatic heterocycles. The summed E-state index contributed by atoms with van der Waals surface area (Å²) >= 11 is 0. The van der Waals surface area contributed by atoms with Gasteiger partial charge >= 0.3 is 0 Å². The van der Waals surface area contributed by atoms with Crippen LogP contribution >= 0.6 is 0 Å². The van der Waals surface area contributed by atoms with Crippen molar-refractivity contribution in [2.45, 2.75) is 31.7 Å². The van der Waals surface area contributed by atoms with Crippen LogP contribution in [0.4, 0.5) is 5.82 Å². The molecular weight excluding hydrogens is 212 g/mol. The van der Waals surface area contributed by atoms with Crippen molar-refractivity contribution in [3.05, 3.63) is 22.9 Å². The first-order chi connectivity index (χ1) is 8.36. The van der Waals surface area contributed by atoms with Crippen LogP contribution < -0.4 is 10.6 Å². The first-order valence-electron chi connectivity index (χ1n) is 6.27. The van der Waals surface area contributed by atoms with E-state index >= 15 is 0 Å². The van der Waals surface area contributed by atoms with E-state index in [1.54, 1.807) is 0 Å². The fourth-order valence-electron chi connectivity index (χ4n) is 2.64. The van der Waals surface area contributed by atoms with Crippen molar-refractivity contribution in [3.8, 4) is 6.07 Å². The molecule has 1 aromatic rings. The highest BCUT2D eigenvalue weighted by Gasteiger charge is 2.20. The van der Waals surface area contributed by atoms with Crippen molar-refractivity contribution in [1.29, 1.82) is 5.26 Å². The molecule has 17 heavy (non-hydrogen) atoms. The molecule has 1 fully saturated rings. The molecule has 2 N–H and O–H groups in total. The number of hydrogen-bond donors (Lipinski definition) is 2. The molecule has 0 bridgehead atoms. The zero-order valence-electron chi connectivity index (χ0n) is 9.79. The van der Waals surface area contributed by atoms with Crippen LogP contribution in [0.15, 0.2) is 6.07 Å². The quantitative estimate of drug-likeness (QED) is 0.799. The van der Waals surface area contributed by atoms with Gasteiger partial charge in [-0.2, -0.15) is 5.26 Å². The Morgan fingerprint density at radius 3 is 3.18 bits per heavy atom. The Bertz CT molecular complexity index is 469. The van der Waals surface area contributed by atoms with Crippen LogP contribution in [0.1, 0.15) is 29.7 Å². The van der Waals surface area contributed by atoms with Gasteiger partial charge in [-0.15, -0.1) is 0 Å². The van der Waals surface area contributed by atoms with Gasteiger partial charge in [0.1, 0.15) is 11.9 Å². The molecule has 0 amide bonds. The van der Waals surface area contributed by atoms with E-state index in [9.17, 15) is 5.26 Å². The Morgan fingerprint density at radius 2 is 2.41 bits per heavy atom. The van der Waals surface area contributed by atoms with Gasteiger partial charge in [-0.1, -0.05) is 0 Å². The van der Waals surface area contributed by atoms with Gasteiger partial charge in [0, 0.05) is 18.3 Å². The Labute approximate surface area is 101 Å². The number of rotatable bonds is 2. The number of nitriles is 1. The van der Waals surface area contributed by atoms with E-state index in [4.69, 9.17) is 0 Å². The highest BCUT2D eigenvalue weighted by Crippen LogP contribution is 2.25. The van der Waals surface area contributed by atoms with Crippen molar-refractivity contribution < 1.29 is 0 Å². The monoisotopic (exact) mass is 228 g/mol. The number of anilines is 1. The lowest BCUT2D eigenvalue weighted by molar-refractivity contribution is 0.785. The molecule has 0 aromatic carbocycles. The largest absolute Gasteiger partial charge is 0.365 e. The van der Waals surface area contributed by atoms with Crippen LogP contribution in [-0.4, -0.2) is 24.1 Å². The van der Waals surface area contributed by atoms with Gasteiger partial charge in [-0.25, -0.2) is 4.98 Å². The smallest absolute Gasteiger partial charge is 0.144 e. The number of nitrogens with zero attached hydrogens (tertiary/aromatic N) is 2. The molecule has 2 heterocycles. The summed E-state index contributed by atoms with van der Waals surface area (Å²) < 4.78 is 0. The average molecular weight is 228 g/mol. The molecule has 4 nitrogen and oxygen atoms in total. The molecule has 1 saturated heterocycles. The summed E-state index contributed by atoms with van der Waals surface area (Å²) in [6.07, 6.45) is 4.40. The Hall–Kier alpha value is -1.60. The van der Waals surface area contributed by atoms with Gasteiger partial charge in [0.25, 0.3) is 0 Å². The average Bonchev–Trinajstić information content (AvgIpc) is 2.98. The summed E-state index contributed by atoms with van der Waals surface area (Å²) in [5.74, 6) is 0.779. The lowest BCUT2D eigenvalue weighted by Crippen LogP contribution is -2.23. The summed E-state index contributed by atoms with van der Waals surface area (Å²) in [5.41, 5.74) is 3.13. The van der Waals surface area contributed by atoms with E-state index in [1.165, 1.54) is 17.7 Å². The molecule has 1 aliphatic heterocycles. The molecule has 0 spiro atoms. The zero-order chi connectivity index (χ0) is 11.7. The minimum atomic E-state index is 0.411. The molecule has 0 saturated carbocycles. The van der Waals surface area contributed by atoms with Gasteiger partial charge in [-0.05, 0) is 43.9 Å². The van der Waals surface area contributed by atoms with Gasteiger partial charge < -0.3 is 10.6 Å². The molecule has 88 valence electrons. The van der Waals surface area contributed by atoms with Gasteiger partial charge in [-0.3, -0.25) is 0 Å². The van der Waals surface area contributed by atoms with Crippen LogP contribution in [0, 0.1) is 11.3 Å². The maximum atomic E-state index is 9.18. The standard InChI is InChI=1S/C13H16N4/c14-7-10-6-9-2-1-3-12(9)17-13(10)16-11-4-5-15-8-11/h6,11,15H,1-5,8H2,(H,16,17). The topological polar surface area (TPSA) is 60.7 Å². The second-order valence-electron chi connectivity index (χ2n) is 4.79. The Morgan fingerprint density at radius 1 is 1.47 bits per heavy atom. The summed E-state index contributed by atoms with van der Waals surface area (Å²) in [6.45, 7) is 2.01. The first-order valence-corrected chi connectivity index (χ1v) is 6.27. The van der Waals surface area contributed by atoms with Crippen molar-refractivity contribution in [2.24, 2.45) is 0 Å². The number of fused-ring (bicyclic) bond motifs is 1. The van der Waals surface area contributed by atoms with E-state index < -0.39 is 0 Å². The number of nitrogens with one attached hydrogen (secondary N) is 2. The summed E-state index contributed by atoms with van der Waals surface area (Å²) in [5, 5.41) is 15.9. The van der Waals surface area contributed by atoms with Crippen molar-refractivity contribution in [3.63, 3.8) is 0 Å². The van der Waals surface area contributed by atoms with Crippen LogP contribution in [0.2, 0.25) is 0 Å². The molecule has 1 aliphatic carbocycles. The maximum absolute atomic E-state index is 9.18. The summed E-state index contributed by atoms with van der Waals surface area (Å²) in [4.78, 5) is 4.63. The minimum absolute atomic E-state index is 0.411. The predicted octanol–water partition coefficient (Wildman–Crippen LogP) is 1.22.